The molecule has 0 aliphatic carbocycles. The molecule has 0 bridgehead atoms. The van der Waals surface area contributed by atoms with Gasteiger partial charge in [-0.25, -0.2) is 0 Å². The van der Waals surface area contributed by atoms with Crippen molar-refractivity contribution in [2.24, 2.45) is 0 Å². The summed E-state index contributed by atoms with van der Waals surface area (Å²) in [6.07, 6.45) is 0. The number of para-hydroxylation sites is 2. The highest BCUT2D eigenvalue weighted by Gasteiger charge is 2.15. The molecular formula is C25H23Cl2N7O2S. The van der Waals surface area contributed by atoms with Gasteiger partial charge in [-0.3, -0.25) is 4.79 Å². The van der Waals surface area contributed by atoms with E-state index in [1.807, 2.05) is 43.3 Å². The molecule has 1 amide bonds. The molecule has 0 saturated heterocycles. The monoisotopic (exact) mass is 555 g/mol. The first-order valence-electron chi connectivity index (χ1n) is 11.3. The lowest BCUT2D eigenvalue weighted by molar-refractivity contribution is -0.122. The molecule has 190 valence electrons. The molecule has 4 rings (SSSR count). The van der Waals surface area contributed by atoms with E-state index in [0.717, 1.165) is 11.3 Å². The molecule has 0 fully saturated rings. The number of hydrogen-bond acceptors (Lipinski definition) is 6. The maximum atomic E-state index is 12.3. The van der Waals surface area contributed by atoms with E-state index in [2.05, 4.69) is 31.4 Å². The van der Waals surface area contributed by atoms with Crippen LogP contribution in [0.3, 0.4) is 0 Å². The standard InChI is InChI=1S/C25H23Cl2N7O2S/c1-16-6-2-4-8-20(16)30-25(37)29-13-12-28-23(35)15-34-32-24(31-33-34)18-7-3-5-9-21(18)36-22-11-10-17(26)14-19(22)27/h2-11,14H,12-13,15H2,1H3,(H,28,35)(H2,29,30,37). The van der Waals surface area contributed by atoms with Crippen molar-refractivity contribution in [1.29, 1.82) is 0 Å². The number of thiocarbonyl (C=S) groups is 1. The van der Waals surface area contributed by atoms with Crippen LogP contribution in [-0.2, 0) is 11.3 Å². The number of carbonyl (C=O) groups excluding carboxylic acids is 1. The molecular weight excluding hydrogens is 533 g/mol. The summed E-state index contributed by atoms with van der Waals surface area (Å²) in [5.41, 5.74) is 2.61. The van der Waals surface area contributed by atoms with Gasteiger partial charge in [-0.05, 0) is 66.3 Å². The Hall–Kier alpha value is -3.73. The molecule has 12 heteroatoms. The van der Waals surface area contributed by atoms with Crippen LogP contribution >= 0.6 is 35.4 Å². The van der Waals surface area contributed by atoms with Crippen molar-refractivity contribution < 1.29 is 9.53 Å². The largest absolute Gasteiger partial charge is 0.455 e. The summed E-state index contributed by atoms with van der Waals surface area (Å²) < 4.78 is 5.96. The molecule has 0 aliphatic heterocycles. The maximum absolute atomic E-state index is 12.3. The number of nitrogens with one attached hydrogen (secondary N) is 3. The van der Waals surface area contributed by atoms with Crippen LogP contribution in [0.25, 0.3) is 11.4 Å². The van der Waals surface area contributed by atoms with Crippen molar-refractivity contribution >= 4 is 52.1 Å². The average molecular weight is 556 g/mol. The van der Waals surface area contributed by atoms with E-state index in [9.17, 15) is 4.79 Å². The zero-order valence-electron chi connectivity index (χ0n) is 19.7. The number of carbonyl (C=O) groups is 1. The first-order valence-corrected chi connectivity index (χ1v) is 12.4. The quantitative estimate of drug-likeness (QED) is 0.199. The average Bonchev–Trinajstić information content (AvgIpc) is 3.33. The molecule has 0 unspecified atom stereocenters. The number of nitrogens with zero attached hydrogens (tertiary/aromatic N) is 4. The zero-order chi connectivity index (χ0) is 26.2. The van der Waals surface area contributed by atoms with E-state index in [1.165, 1.54) is 4.80 Å². The van der Waals surface area contributed by atoms with Crippen LogP contribution in [-0.4, -0.2) is 44.3 Å². The maximum Gasteiger partial charge on any atom is 0.243 e. The molecule has 1 heterocycles. The Morgan fingerprint density at radius 1 is 1.00 bits per heavy atom. The first kappa shape index (κ1) is 26.3. The van der Waals surface area contributed by atoms with Gasteiger partial charge in [-0.1, -0.05) is 53.5 Å². The van der Waals surface area contributed by atoms with E-state index in [4.69, 9.17) is 40.2 Å². The van der Waals surface area contributed by atoms with Gasteiger partial charge >= 0.3 is 0 Å². The Bertz CT molecular complexity index is 1410. The fraction of sp³-hybridized carbons (Fsp3) is 0.160. The second-order valence-corrected chi connectivity index (χ2v) is 9.11. The zero-order valence-corrected chi connectivity index (χ0v) is 22.1. The van der Waals surface area contributed by atoms with Crippen LogP contribution < -0.4 is 20.7 Å². The Labute approximate surface area is 229 Å². The molecule has 4 aromatic rings. The van der Waals surface area contributed by atoms with E-state index in [1.54, 1.807) is 30.3 Å². The minimum Gasteiger partial charge on any atom is -0.455 e. The lowest BCUT2D eigenvalue weighted by atomic mass is 10.2. The number of aryl methyl sites for hydroxylation is 1. The number of aromatic nitrogens is 4. The molecule has 3 N–H and O–H groups in total. The Kier molecular flexibility index (Phi) is 8.89. The van der Waals surface area contributed by atoms with Gasteiger partial charge in [0.2, 0.25) is 11.7 Å². The van der Waals surface area contributed by atoms with E-state index in [-0.39, 0.29) is 12.5 Å². The predicted octanol–water partition coefficient (Wildman–Crippen LogP) is 4.85. The molecule has 0 saturated carbocycles. The number of benzene rings is 3. The highest BCUT2D eigenvalue weighted by Crippen LogP contribution is 2.35. The fourth-order valence-corrected chi connectivity index (χ4v) is 3.94. The number of amides is 1. The normalized spacial score (nSPS) is 10.6. The van der Waals surface area contributed by atoms with E-state index in [0.29, 0.717) is 51.1 Å². The lowest BCUT2D eigenvalue weighted by Gasteiger charge is -2.12. The molecule has 0 spiro atoms. The van der Waals surface area contributed by atoms with Crippen LogP contribution in [0.15, 0.2) is 66.7 Å². The smallest absolute Gasteiger partial charge is 0.243 e. The minimum atomic E-state index is -0.263. The highest BCUT2D eigenvalue weighted by molar-refractivity contribution is 7.80. The molecule has 37 heavy (non-hydrogen) atoms. The van der Waals surface area contributed by atoms with Crippen molar-refractivity contribution in [1.82, 2.24) is 30.8 Å². The minimum absolute atomic E-state index is 0.0923. The Morgan fingerprint density at radius 2 is 1.76 bits per heavy atom. The fourth-order valence-electron chi connectivity index (χ4n) is 3.28. The van der Waals surface area contributed by atoms with Crippen molar-refractivity contribution in [2.75, 3.05) is 18.4 Å². The van der Waals surface area contributed by atoms with Gasteiger partial charge in [0.15, 0.2) is 5.11 Å². The number of rotatable bonds is 9. The number of ether oxygens (including phenoxy) is 1. The predicted molar refractivity (Wildman–Crippen MR) is 148 cm³/mol. The number of tetrazole rings is 1. The molecule has 9 nitrogen and oxygen atoms in total. The van der Waals surface area contributed by atoms with Crippen LogP contribution in [0.4, 0.5) is 5.69 Å². The summed E-state index contributed by atoms with van der Waals surface area (Å²) >= 11 is 17.5. The number of hydrogen-bond donors (Lipinski definition) is 3. The van der Waals surface area contributed by atoms with Gasteiger partial charge in [-0.2, -0.15) is 4.80 Å². The van der Waals surface area contributed by atoms with Gasteiger partial charge in [0.25, 0.3) is 0 Å². The second-order valence-electron chi connectivity index (χ2n) is 7.86. The third kappa shape index (κ3) is 7.39. The molecule has 0 radical (unpaired) electrons. The summed E-state index contributed by atoms with van der Waals surface area (Å²) in [6.45, 7) is 2.73. The van der Waals surface area contributed by atoms with Crippen LogP contribution in [0.5, 0.6) is 11.5 Å². The lowest BCUT2D eigenvalue weighted by Crippen LogP contribution is -2.38. The van der Waals surface area contributed by atoms with E-state index >= 15 is 0 Å². The molecule has 0 atom stereocenters. The van der Waals surface area contributed by atoms with Crippen molar-refractivity contribution in [3.05, 3.63) is 82.3 Å². The Balaban J connectivity index is 1.28. The summed E-state index contributed by atoms with van der Waals surface area (Å²) in [5, 5.41) is 22.7. The third-order valence-corrected chi connectivity index (χ3v) is 5.88. The highest BCUT2D eigenvalue weighted by atomic mass is 35.5. The van der Waals surface area contributed by atoms with E-state index < -0.39 is 0 Å². The topological polar surface area (TPSA) is 106 Å². The molecule has 0 aliphatic rings. The number of anilines is 1. The molecule has 3 aromatic carbocycles. The van der Waals surface area contributed by atoms with Crippen LogP contribution in [0, 0.1) is 6.92 Å². The molecule has 1 aromatic heterocycles. The van der Waals surface area contributed by atoms with Crippen molar-refractivity contribution in [3.63, 3.8) is 0 Å². The Morgan fingerprint density at radius 3 is 2.57 bits per heavy atom. The number of halogens is 2. The van der Waals surface area contributed by atoms with Crippen molar-refractivity contribution in [2.45, 2.75) is 13.5 Å². The van der Waals surface area contributed by atoms with Gasteiger partial charge < -0.3 is 20.7 Å². The van der Waals surface area contributed by atoms with Crippen LogP contribution in [0.2, 0.25) is 10.0 Å². The summed E-state index contributed by atoms with van der Waals surface area (Å²) in [5.74, 6) is 0.966. The SMILES string of the molecule is Cc1ccccc1NC(=S)NCCNC(=O)Cn1nnc(-c2ccccc2Oc2ccc(Cl)cc2Cl)n1. The van der Waals surface area contributed by atoms with Gasteiger partial charge in [0.1, 0.15) is 18.0 Å². The summed E-state index contributed by atoms with van der Waals surface area (Å²) in [6, 6.07) is 20.0. The van der Waals surface area contributed by atoms with Gasteiger partial charge in [0.05, 0.1) is 10.6 Å². The van der Waals surface area contributed by atoms with Gasteiger partial charge in [0, 0.05) is 23.8 Å². The van der Waals surface area contributed by atoms with Gasteiger partial charge in [-0.15, -0.1) is 10.2 Å². The second kappa shape index (κ2) is 12.5. The first-order chi connectivity index (χ1) is 17.9. The third-order valence-electron chi connectivity index (χ3n) is 5.11. The van der Waals surface area contributed by atoms with Crippen molar-refractivity contribution in [3.8, 4) is 22.9 Å². The van der Waals surface area contributed by atoms with Crippen LogP contribution in [0.1, 0.15) is 5.56 Å². The summed E-state index contributed by atoms with van der Waals surface area (Å²) in [4.78, 5) is 13.6. The summed E-state index contributed by atoms with van der Waals surface area (Å²) in [7, 11) is 0.